The van der Waals surface area contributed by atoms with Gasteiger partial charge in [-0.25, -0.2) is 0 Å². The van der Waals surface area contributed by atoms with Gasteiger partial charge in [0.15, 0.2) is 0 Å². The van der Waals surface area contributed by atoms with Crippen LogP contribution >= 0.6 is 0 Å². The summed E-state index contributed by atoms with van der Waals surface area (Å²) < 4.78 is 6.34. The van der Waals surface area contributed by atoms with Gasteiger partial charge < -0.3 is 14.2 Å². The van der Waals surface area contributed by atoms with Crippen LogP contribution in [0.25, 0.3) is 44.2 Å². The standard InChI is InChI=1S/C49H34N2O/c1-2-11-34(12-3-1)35-21-25-40(26-22-35)50(43-29-30-45-44-17-6-9-20-48(44)52-49(45)33-43)41-27-23-36(24-28-41)37-15-10-16-42(32-37)51-46-18-7-4-13-38(46)31-39-14-5-8-19-47(39)51/h1-30,32-33H,31H2. The predicted octanol–water partition coefficient (Wildman–Crippen LogP) is 13.8. The Morgan fingerprint density at radius 1 is 0.385 bits per heavy atom. The molecule has 10 rings (SSSR count). The van der Waals surface area contributed by atoms with E-state index in [1.54, 1.807) is 0 Å². The van der Waals surface area contributed by atoms with Crippen LogP contribution in [0, 0.1) is 0 Å². The zero-order valence-corrected chi connectivity index (χ0v) is 28.5. The number of anilines is 6. The summed E-state index contributed by atoms with van der Waals surface area (Å²) in [5.41, 5.74) is 16.0. The average molecular weight is 667 g/mol. The minimum absolute atomic E-state index is 0.874. The van der Waals surface area contributed by atoms with Gasteiger partial charge in [-0.05, 0) is 100 Å². The first-order valence-corrected chi connectivity index (χ1v) is 17.8. The first-order valence-electron chi connectivity index (χ1n) is 17.8. The van der Waals surface area contributed by atoms with E-state index < -0.39 is 0 Å². The number of benzene rings is 8. The highest BCUT2D eigenvalue weighted by Crippen LogP contribution is 2.45. The van der Waals surface area contributed by atoms with Crippen LogP contribution < -0.4 is 9.80 Å². The second-order valence-corrected chi connectivity index (χ2v) is 13.4. The highest BCUT2D eigenvalue weighted by Gasteiger charge is 2.24. The van der Waals surface area contributed by atoms with Crippen LogP contribution in [-0.2, 0) is 6.42 Å². The maximum absolute atomic E-state index is 6.34. The van der Waals surface area contributed by atoms with Gasteiger partial charge in [0, 0.05) is 57.4 Å². The maximum Gasteiger partial charge on any atom is 0.137 e. The van der Waals surface area contributed by atoms with Gasteiger partial charge in [0.05, 0.1) is 0 Å². The van der Waals surface area contributed by atoms with Crippen LogP contribution in [0.2, 0.25) is 0 Å². The highest BCUT2D eigenvalue weighted by molar-refractivity contribution is 6.06. The second kappa shape index (κ2) is 12.5. The molecule has 0 saturated heterocycles. The van der Waals surface area contributed by atoms with Crippen molar-refractivity contribution in [1.29, 1.82) is 0 Å². The fourth-order valence-electron chi connectivity index (χ4n) is 7.73. The number of para-hydroxylation sites is 3. The number of hydrogen-bond donors (Lipinski definition) is 0. The molecule has 0 radical (unpaired) electrons. The molecule has 1 aliphatic heterocycles. The second-order valence-electron chi connectivity index (χ2n) is 13.4. The molecular formula is C49H34N2O. The summed E-state index contributed by atoms with van der Waals surface area (Å²) in [7, 11) is 0. The molecule has 0 atom stereocenters. The molecule has 1 aliphatic rings. The van der Waals surface area contributed by atoms with Crippen molar-refractivity contribution in [3.63, 3.8) is 0 Å². The van der Waals surface area contributed by atoms with Gasteiger partial charge in [-0.2, -0.15) is 0 Å². The molecular weight excluding hydrogens is 633 g/mol. The van der Waals surface area contributed by atoms with Crippen molar-refractivity contribution >= 4 is 56.1 Å². The van der Waals surface area contributed by atoms with Gasteiger partial charge in [-0.3, -0.25) is 0 Å². The summed E-state index contributed by atoms with van der Waals surface area (Å²) in [6.07, 6.45) is 0.943. The van der Waals surface area contributed by atoms with Gasteiger partial charge in [0.1, 0.15) is 11.2 Å². The number of rotatable bonds is 6. The average Bonchev–Trinajstić information content (AvgIpc) is 3.59. The first-order chi connectivity index (χ1) is 25.8. The van der Waals surface area contributed by atoms with Gasteiger partial charge in [-0.1, -0.05) is 121 Å². The molecule has 3 nitrogen and oxygen atoms in total. The van der Waals surface area contributed by atoms with Crippen molar-refractivity contribution in [1.82, 2.24) is 0 Å². The van der Waals surface area contributed by atoms with E-state index in [2.05, 4.69) is 192 Å². The van der Waals surface area contributed by atoms with Crippen molar-refractivity contribution in [2.75, 3.05) is 9.80 Å². The van der Waals surface area contributed by atoms with E-state index in [-0.39, 0.29) is 0 Å². The SMILES string of the molecule is c1ccc(-c2ccc(N(c3ccc(-c4cccc(N5c6ccccc6Cc6ccccc65)c4)cc3)c3ccc4c(c3)oc3ccccc34)cc2)cc1. The predicted molar refractivity (Wildman–Crippen MR) is 217 cm³/mol. The number of nitrogens with zero attached hydrogens (tertiary/aromatic N) is 2. The third-order valence-electron chi connectivity index (χ3n) is 10.3. The van der Waals surface area contributed by atoms with Crippen LogP contribution in [0.15, 0.2) is 199 Å². The van der Waals surface area contributed by atoms with E-state index in [9.17, 15) is 0 Å². The number of fused-ring (bicyclic) bond motifs is 5. The highest BCUT2D eigenvalue weighted by atomic mass is 16.3. The summed E-state index contributed by atoms with van der Waals surface area (Å²) in [6, 6.07) is 69.4. The maximum atomic E-state index is 6.34. The molecule has 0 aliphatic carbocycles. The lowest BCUT2D eigenvalue weighted by Gasteiger charge is -2.33. The summed E-state index contributed by atoms with van der Waals surface area (Å²) in [5.74, 6) is 0. The molecule has 0 bridgehead atoms. The third kappa shape index (κ3) is 5.23. The molecule has 0 unspecified atom stereocenters. The Morgan fingerprint density at radius 2 is 0.923 bits per heavy atom. The van der Waals surface area contributed by atoms with E-state index in [0.717, 1.165) is 56.7 Å². The molecule has 3 heteroatoms. The van der Waals surface area contributed by atoms with E-state index in [1.807, 2.05) is 12.1 Å². The Hall–Kier alpha value is -6.84. The molecule has 9 aromatic rings. The van der Waals surface area contributed by atoms with Crippen molar-refractivity contribution in [2.24, 2.45) is 0 Å². The van der Waals surface area contributed by atoms with Gasteiger partial charge >= 0.3 is 0 Å². The lowest BCUT2D eigenvalue weighted by atomic mass is 9.94. The molecule has 52 heavy (non-hydrogen) atoms. The van der Waals surface area contributed by atoms with Gasteiger partial charge in [-0.15, -0.1) is 0 Å². The largest absolute Gasteiger partial charge is 0.456 e. The smallest absolute Gasteiger partial charge is 0.137 e. The molecule has 2 heterocycles. The molecule has 0 saturated carbocycles. The number of furan rings is 1. The van der Waals surface area contributed by atoms with Gasteiger partial charge in [0.2, 0.25) is 0 Å². The lowest BCUT2D eigenvalue weighted by molar-refractivity contribution is 0.669. The monoisotopic (exact) mass is 666 g/mol. The van der Waals surface area contributed by atoms with Crippen LogP contribution in [-0.4, -0.2) is 0 Å². The molecule has 8 aromatic carbocycles. The zero-order valence-electron chi connectivity index (χ0n) is 28.5. The topological polar surface area (TPSA) is 19.6 Å². The lowest BCUT2D eigenvalue weighted by Crippen LogP contribution is -2.18. The summed E-state index contributed by atoms with van der Waals surface area (Å²) in [4.78, 5) is 4.71. The molecule has 0 amide bonds. The molecule has 0 spiro atoms. The van der Waals surface area contributed by atoms with Crippen molar-refractivity contribution < 1.29 is 4.42 Å². The summed E-state index contributed by atoms with van der Waals surface area (Å²) >= 11 is 0. The Labute approximate surface area is 303 Å². The van der Waals surface area contributed by atoms with Crippen LogP contribution in [0.3, 0.4) is 0 Å². The van der Waals surface area contributed by atoms with Crippen molar-refractivity contribution in [2.45, 2.75) is 6.42 Å². The quantitative estimate of drug-likeness (QED) is 0.176. The Bertz CT molecular complexity index is 2660. The fraction of sp³-hybridized carbons (Fsp3) is 0.0204. The van der Waals surface area contributed by atoms with Crippen molar-refractivity contribution in [3.05, 3.63) is 205 Å². The third-order valence-corrected chi connectivity index (χ3v) is 10.3. The molecule has 0 fully saturated rings. The molecule has 246 valence electrons. The van der Waals surface area contributed by atoms with E-state index >= 15 is 0 Å². The first kappa shape index (κ1) is 30.0. The summed E-state index contributed by atoms with van der Waals surface area (Å²) in [5, 5.41) is 2.25. The minimum Gasteiger partial charge on any atom is -0.456 e. The Kier molecular flexibility index (Phi) is 7.21. The van der Waals surface area contributed by atoms with Gasteiger partial charge in [0.25, 0.3) is 0 Å². The van der Waals surface area contributed by atoms with Crippen LogP contribution in [0.1, 0.15) is 11.1 Å². The zero-order chi connectivity index (χ0) is 34.4. The summed E-state index contributed by atoms with van der Waals surface area (Å²) in [6.45, 7) is 0. The minimum atomic E-state index is 0.874. The number of hydrogen-bond acceptors (Lipinski definition) is 3. The Balaban J connectivity index is 1.04. The normalized spacial score (nSPS) is 12.1. The Morgan fingerprint density at radius 3 is 1.63 bits per heavy atom. The van der Waals surface area contributed by atoms with E-state index in [1.165, 1.54) is 39.2 Å². The van der Waals surface area contributed by atoms with E-state index in [0.29, 0.717) is 0 Å². The molecule has 1 aromatic heterocycles. The van der Waals surface area contributed by atoms with Crippen LogP contribution in [0.5, 0.6) is 0 Å². The van der Waals surface area contributed by atoms with Crippen molar-refractivity contribution in [3.8, 4) is 22.3 Å². The van der Waals surface area contributed by atoms with Crippen LogP contribution in [0.4, 0.5) is 34.1 Å². The molecule has 0 N–H and O–H groups in total. The fourth-order valence-corrected chi connectivity index (χ4v) is 7.73. The van der Waals surface area contributed by atoms with E-state index in [4.69, 9.17) is 4.42 Å².